The van der Waals surface area contributed by atoms with E-state index >= 15 is 0 Å². The standard InChI is InChI=1S/C33H38N4O5/c1-18-27-25(40-5)14-22(31(38)37-17-21-10-11-23(37)28(21)35-32(39)42-33(2,3)4)15-26(27)41-29(18)24-13-20-7-6-12-34-30(20)36(24)16-19-8-9-19/h6-7,12-15,19,21,23,28H,8-11,16-17H2,1-5H3,(H,35,39)/t21?,23?,28-/m1/s1. The number of piperidine rings is 1. The molecule has 2 bridgehead atoms. The number of benzene rings is 1. The van der Waals surface area contributed by atoms with Gasteiger partial charge in [0.15, 0.2) is 5.76 Å². The number of furan rings is 1. The van der Waals surface area contributed by atoms with Crippen molar-refractivity contribution < 1.29 is 23.5 Å². The lowest BCUT2D eigenvalue weighted by atomic mass is 10.0. The molecule has 1 N–H and O–H groups in total. The fourth-order valence-corrected chi connectivity index (χ4v) is 6.95. The molecule has 9 nitrogen and oxygen atoms in total. The number of pyridine rings is 1. The van der Waals surface area contributed by atoms with Gasteiger partial charge in [-0.15, -0.1) is 0 Å². The lowest BCUT2D eigenvalue weighted by Crippen LogP contribution is -2.46. The van der Waals surface area contributed by atoms with E-state index < -0.39 is 11.7 Å². The smallest absolute Gasteiger partial charge is 0.407 e. The Morgan fingerprint density at radius 2 is 1.95 bits per heavy atom. The highest BCUT2D eigenvalue weighted by Gasteiger charge is 2.50. The van der Waals surface area contributed by atoms with Crippen molar-refractivity contribution in [2.45, 2.75) is 77.6 Å². The summed E-state index contributed by atoms with van der Waals surface area (Å²) in [4.78, 5) is 33.1. The van der Waals surface area contributed by atoms with E-state index in [1.165, 1.54) is 12.8 Å². The van der Waals surface area contributed by atoms with Crippen molar-refractivity contribution in [3.8, 4) is 17.2 Å². The highest BCUT2D eigenvalue weighted by molar-refractivity contribution is 6.02. The van der Waals surface area contributed by atoms with Crippen LogP contribution in [0.5, 0.6) is 5.75 Å². The molecule has 2 unspecified atom stereocenters. The van der Waals surface area contributed by atoms with E-state index in [0.29, 0.717) is 29.4 Å². The van der Waals surface area contributed by atoms with E-state index in [4.69, 9.17) is 13.9 Å². The molecule has 2 saturated carbocycles. The Morgan fingerprint density at radius 1 is 1.14 bits per heavy atom. The number of alkyl carbamates (subject to hydrolysis) is 1. The summed E-state index contributed by atoms with van der Waals surface area (Å²) in [5.74, 6) is 2.17. The molecule has 220 valence electrons. The van der Waals surface area contributed by atoms with Crippen LogP contribution < -0.4 is 10.1 Å². The van der Waals surface area contributed by atoms with Gasteiger partial charge in [0.05, 0.1) is 30.3 Å². The van der Waals surface area contributed by atoms with Crippen LogP contribution in [0.2, 0.25) is 0 Å². The van der Waals surface area contributed by atoms with Crippen molar-refractivity contribution in [1.82, 2.24) is 19.8 Å². The molecule has 4 heterocycles. The molecule has 1 aromatic carbocycles. The lowest BCUT2D eigenvalue weighted by molar-refractivity contribution is 0.0485. The number of aryl methyl sites for hydroxylation is 1. The molecule has 2 amide bonds. The van der Waals surface area contributed by atoms with Gasteiger partial charge in [0, 0.05) is 35.8 Å². The number of carbonyl (C=O) groups is 2. The van der Waals surface area contributed by atoms with Crippen LogP contribution in [0, 0.1) is 18.8 Å². The van der Waals surface area contributed by atoms with Crippen LogP contribution in [0.1, 0.15) is 62.4 Å². The number of fused-ring (bicyclic) bond motifs is 4. The van der Waals surface area contributed by atoms with Gasteiger partial charge in [-0.25, -0.2) is 9.78 Å². The maximum atomic E-state index is 13.9. The zero-order valence-electron chi connectivity index (χ0n) is 24.9. The number of nitrogens with zero attached hydrogens (tertiary/aromatic N) is 3. The number of amides is 2. The normalized spacial score (nSPS) is 21.8. The van der Waals surface area contributed by atoms with Crippen LogP contribution in [0.4, 0.5) is 4.79 Å². The van der Waals surface area contributed by atoms with Crippen molar-refractivity contribution >= 4 is 34.0 Å². The molecule has 3 atom stereocenters. The Bertz CT molecular complexity index is 1710. The number of ether oxygens (including phenoxy) is 2. The third kappa shape index (κ3) is 4.59. The third-order valence-corrected chi connectivity index (χ3v) is 9.02. The molecule has 1 saturated heterocycles. The van der Waals surface area contributed by atoms with Gasteiger partial charge >= 0.3 is 6.09 Å². The van der Waals surface area contributed by atoms with Gasteiger partial charge in [0.25, 0.3) is 5.91 Å². The highest BCUT2D eigenvalue weighted by Crippen LogP contribution is 2.43. The van der Waals surface area contributed by atoms with Gasteiger partial charge in [-0.1, -0.05) is 0 Å². The SMILES string of the molecule is COc1cc(C(=O)N2CC3CCC2[C@@H]3NC(=O)OC(C)(C)C)cc2oc(-c3cc4cccnc4n3CC3CC3)c(C)c12. The number of hydrogen-bond acceptors (Lipinski definition) is 6. The highest BCUT2D eigenvalue weighted by atomic mass is 16.6. The Balaban J connectivity index is 1.22. The van der Waals surface area contributed by atoms with E-state index in [-0.39, 0.29) is 23.9 Å². The summed E-state index contributed by atoms with van der Waals surface area (Å²) in [6.45, 7) is 9.09. The minimum Gasteiger partial charge on any atom is -0.496 e. The van der Waals surface area contributed by atoms with Crippen molar-refractivity contribution in [2.24, 2.45) is 11.8 Å². The third-order valence-electron chi connectivity index (χ3n) is 9.02. The second-order valence-corrected chi connectivity index (χ2v) is 13.1. The monoisotopic (exact) mass is 570 g/mol. The van der Waals surface area contributed by atoms with E-state index in [1.807, 2.05) is 57.0 Å². The number of rotatable bonds is 6. The molecule has 7 rings (SSSR count). The number of aromatic nitrogens is 2. The Morgan fingerprint density at radius 3 is 2.69 bits per heavy atom. The van der Waals surface area contributed by atoms with Crippen LogP contribution in [0.3, 0.4) is 0 Å². The van der Waals surface area contributed by atoms with Crippen LogP contribution in [-0.2, 0) is 11.3 Å². The number of likely N-dealkylation sites (tertiary alicyclic amines) is 1. The fraction of sp³-hybridized carbons (Fsp3) is 0.485. The lowest BCUT2D eigenvalue weighted by Gasteiger charge is -2.28. The summed E-state index contributed by atoms with van der Waals surface area (Å²) in [6.07, 6.45) is 5.69. The molecule has 0 spiro atoms. The molecule has 2 aliphatic carbocycles. The van der Waals surface area contributed by atoms with E-state index in [9.17, 15) is 9.59 Å². The second-order valence-electron chi connectivity index (χ2n) is 13.1. The number of nitrogens with one attached hydrogen (secondary N) is 1. The fourth-order valence-electron chi connectivity index (χ4n) is 6.95. The first kappa shape index (κ1) is 26.9. The first-order valence-corrected chi connectivity index (χ1v) is 15.0. The molecule has 42 heavy (non-hydrogen) atoms. The maximum absolute atomic E-state index is 13.9. The number of carbonyl (C=O) groups excluding carboxylic acids is 2. The molecule has 3 aromatic heterocycles. The molecule has 3 aliphatic rings. The van der Waals surface area contributed by atoms with Gasteiger partial charge in [-0.05, 0) is 95.5 Å². The zero-order chi connectivity index (χ0) is 29.3. The van der Waals surface area contributed by atoms with E-state index in [1.54, 1.807) is 7.11 Å². The summed E-state index contributed by atoms with van der Waals surface area (Å²) in [6, 6.07) is 9.65. The molecule has 4 aromatic rings. The van der Waals surface area contributed by atoms with E-state index in [2.05, 4.69) is 27.0 Å². The zero-order valence-corrected chi connectivity index (χ0v) is 24.9. The molecule has 3 fully saturated rings. The topological polar surface area (TPSA) is 98.8 Å². The van der Waals surface area contributed by atoms with Crippen LogP contribution >= 0.6 is 0 Å². The van der Waals surface area contributed by atoms with Crippen LogP contribution in [0.25, 0.3) is 33.5 Å². The first-order valence-electron chi connectivity index (χ1n) is 15.0. The summed E-state index contributed by atoms with van der Waals surface area (Å²) in [5.41, 5.74) is 3.49. The number of methoxy groups -OCH3 is 1. The van der Waals surface area contributed by atoms with Crippen LogP contribution in [0.15, 0.2) is 40.9 Å². The van der Waals surface area contributed by atoms with Gasteiger partial charge in [-0.3, -0.25) is 4.79 Å². The Hall–Kier alpha value is -4.01. The predicted octanol–water partition coefficient (Wildman–Crippen LogP) is 6.30. The van der Waals surface area contributed by atoms with Gasteiger partial charge in [0.1, 0.15) is 22.6 Å². The molecular formula is C33H38N4O5. The summed E-state index contributed by atoms with van der Waals surface area (Å²) in [7, 11) is 1.63. The molecule has 1 aliphatic heterocycles. The first-order chi connectivity index (χ1) is 20.1. The summed E-state index contributed by atoms with van der Waals surface area (Å²) >= 11 is 0. The Kier molecular flexibility index (Phi) is 6.26. The predicted molar refractivity (Wildman–Crippen MR) is 160 cm³/mol. The summed E-state index contributed by atoms with van der Waals surface area (Å²) in [5, 5.41) is 4.99. The number of hydrogen-bond donors (Lipinski definition) is 1. The van der Waals surface area contributed by atoms with Crippen molar-refractivity contribution in [2.75, 3.05) is 13.7 Å². The Labute approximate surface area is 245 Å². The molecular weight excluding hydrogens is 532 g/mol. The van der Waals surface area contributed by atoms with Crippen molar-refractivity contribution in [3.05, 3.63) is 47.7 Å². The largest absolute Gasteiger partial charge is 0.496 e. The van der Waals surface area contributed by atoms with Gasteiger partial charge < -0.3 is 28.7 Å². The van der Waals surface area contributed by atoms with Crippen molar-refractivity contribution in [3.63, 3.8) is 0 Å². The molecule has 9 heteroatoms. The minimum absolute atomic E-state index is 0.0729. The molecule has 0 radical (unpaired) electrons. The maximum Gasteiger partial charge on any atom is 0.407 e. The summed E-state index contributed by atoms with van der Waals surface area (Å²) < 4.78 is 20.2. The van der Waals surface area contributed by atoms with Gasteiger partial charge in [-0.2, -0.15) is 0 Å². The second kappa shape index (κ2) is 9.78. The minimum atomic E-state index is -0.577. The van der Waals surface area contributed by atoms with Gasteiger partial charge in [0.2, 0.25) is 0 Å². The average Bonchev–Trinajstić information content (AvgIpc) is 3.29. The average molecular weight is 571 g/mol. The van der Waals surface area contributed by atoms with E-state index in [0.717, 1.165) is 52.8 Å². The van der Waals surface area contributed by atoms with Crippen LogP contribution in [-0.4, -0.2) is 57.8 Å². The quantitative estimate of drug-likeness (QED) is 0.292. The van der Waals surface area contributed by atoms with Crippen molar-refractivity contribution in [1.29, 1.82) is 0 Å².